The van der Waals surface area contributed by atoms with Crippen molar-refractivity contribution < 1.29 is 9.84 Å². The van der Waals surface area contributed by atoms with Gasteiger partial charge in [-0.1, -0.05) is 0 Å². The summed E-state index contributed by atoms with van der Waals surface area (Å²) in [4.78, 5) is 1.24. The maximum Gasteiger partial charge on any atom is 0.161 e. The zero-order valence-corrected chi connectivity index (χ0v) is 8.43. The Balaban J connectivity index is 3.05. The van der Waals surface area contributed by atoms with E-state index in [1.54, 1.807) is 13.2 Å². The van der Waals surface area contributed by atoms with Crippen LogP contribution in [0.5, 0.6) is 11.5 Å². The van der Waals surface area contributed by atoms with Gasteiger partial charge in [0.25, 0.3) is 0 Å². The van der Waals surface area contributed by atoms with Crippen molar-refractivity contribution >= 4 is 10.9 Å². The number of rotatable bonds is 2. The van der Waals surface area contributed by atoms with Crippen LogP contribution in [0.3, 0.4) is 0 Å². The molecule has 0 fully saturated rings. The molecule has 0 aromatic heterocycles. The smallest absolute Gasteiger partial charge is 0.161 e. The molecule has 0 saturated heterocycles. The van der Waals surface area contributed by atoms with Crippen molar-refractivity contribution in [2.24, 2.45) is 0 Å². The van der Waals surface area contributed by atoms with Crippen molar-refractivity contribution in [3.05, 3.63) is 18.2 Å². The van der Waals surface area contributed by atoms with Crippen molar-refractivity contribution in [3.8, 4) is 11.5 Å². The molecular weight excluding hydrogens is 172 g/mol. The van der Waals surface area contributed by atoms with Crippen LogP contribution in [-0.4, -0.2) is 24.7 Å². The van der Waals surface area contributed by atoms with Gasteiger partial charge in [0, 0.05) is 0 Å². The topological polar surface area (TPSA) is 29.5 Å². The van der Waals surface area contributed by atoms with Gasteiger partial charge in [-0.2, -0.15) is 0 Å². The minimum absolute atomic E-state index is 0.121. The van der Waals surface area contributed by atoms with E-state index < -0.39 is 0 Å². The highest BCUT2D eigenvalue weighted by Gasteiger charge is 2.02. The van der Waals surface area contributed by atoms with E-state index >= 15 is 0 Å². The molecule has 68 valence electrons. The predicted molar refractivity (Wildman–Crippen MR) is 53.8 cm³/mol. The minimum atomic E-state index is -0.121. The minimum Gasteiger partial charge on any atom is -0.504 e. The largest absolute Gasteiger partial charge is 0.504 e. The first-order valence-electron chi connectivity index (χ1n) is 3.69. The summed E-state index contributed by atoms with van der Waals surface area (Å²) in [7, 11) is 1.44. The molecule has 0 heterocycles. The summed E-state index contributed by atoms with van der Waals surface area (Å²) in [6, 6.07) is 5.50. The molecule has 0 aliphatic rings. The number of benzene rings is 1. The van der Waals surface area contributed by atoms with Crippen molar-refractivity contribution in [2.75, 3.05) is 19.6 Å². The molecule has 0 unspecified atom stereocenters. The number of methoxy groups -OCH3 is 1. The number of hydrogen-bond acceptors (Lipinski definition) is 2. The molecule has 0 bridgehead atoms. The van der Waals surface area contributed by atoms with Crippen molar-refractivity contribution in [2.45, 2.75) is 4.90 Å². The second kappa shape index (κ2) is 3.72. The van der Waals surface area contributed by atoms with Crippen LogP contribution < -0.4 is 4.74 Å². The van der Waals surface area contributed by atoms with E-state index in [1.165, 1.54) is 4.90 Å². The molecule has 0 radical (unpaired) electrons. The van der Waals surface area contributed by atoms with E-state index in [0.29, 0.717) is 5.75 Å². The second-order valence-electron chi connectivity index (χ2n) is 2.75. The Kier molecular flexibility index (Phi) is 2.87. The van der Waals surface area contributed by atoms with Crippen molar-refractivity contribution in [3.63, 3.8) is 0 Å². The van der Waals surface area contributed by atoms with E-state index in [0.717, 1.165) is 0 Å². The average molecular weight is 186 g/mol. The van der Waals surface area contributed by atoms with Gasteiger partial charge >= 0.3 is 0 Å². The molecular formula is C9H14O2S. The first kappa shape index (κ1) is 9.26. The average Bonchev–Trinajstić information content (AvgIpc) is 2.05. The standard InChI is InChI=1S/C9H14O2S/c1-11-9-6-7(12(2)3)4-5-8(9)10/h4-6,10,12H,1-3H3. The van der Waals surface area contributed by atoms with Gasteiger partial charge in [-0.05, 0) is 35.6 Å². The van der Waals surface area contributed by atoms with E-state index in [9.17, 15) is 5.11 Å². The Hall–Kier alpha value is -0.830. The molecule has 0 amide bonds. The Morgan fingerprint density at radius 3 is 2.50 bits per heavy atom. The summed E-state index contributed by atoms with van der Waals surface area (Å²) in [5.74, 6) is 0.766. The van der Waals surface area contributed by atoms with Crippen LogP contribution >= 0.6 is 10.9 Å². The number of phenolic OH excluding ortho intramolecular Hbond substituents is 1. The normalized spacial score (nSPS) is 11.1. The lowest BCUT2D eigenvalue weighted by molar-refractivity contribution is 0.372. The third-order valence-corrected chi connectivity index (χ3v) is 2.99. The van der Waals surface area contributed by atoms with Gasteiger partial charge in [-0.25, -0.2) is 10.9 Å². The number of phenols is 1. The quantitative estimate of drug-likeness (QED) is 0.692. The maximum absolute atomic E-state index is 9.30. The summed E-state index contributed by atoms with van der Waals surface area (Å²) in [5, 5.41) is 9.30. The van der Waals surface area contributed by atoms with Crippen LogP contribution in [0.2, 0.25) is 0 Å². The van der Waals surface area contributed by atoms with Gasteiger partial charge in [0.15, 0.2) is 11.5 Å². The first-order chi connectivity index (χ1) is 5.65. The SMILES string of the molecule is COc1cc([SH](C)C)ccc1O. The zero-order valence-electron chi connectivity index (χ0n) is 7.53. The fourth-order valence-corrected chi connectivity index (χ4v) is 1.69. The van der Waals surface area contributed by atoms with Crippen LogP contribution in [0.4, 0.5) is 0 Å². The van der Waals surface area contributed by atoms with Crippen LogP contribution in [-0.2, 0) is 0 Å². The van der Waals surface area contributed by atoms with E-state index in [2.05, 4.69) is 12.5 Å². The predicted octanol–water partition coefficient (Wildman–Crippen LogP) is 2.02. The van der Waals surface area contributed by atoms with Crippen molar-refractivity contribution in [1.82, 2.24) is 0 Å². The number of thiol groups is 1. The fraction of sp³-hybridized carbons (Fsp3) is 0.333. The van der Waals surface area contributed by atoms with Gasteiger partial charge in [0.05, 0.1) is 7.11 Å². The van der Waals surface area contributed by atoms with Gasteiger partial charge < -0.3 is 9.84 Å². The third-order valence-electron chi connectivity index (χ3n) is 1.68. The molecule has 0 aliphatic heterocycles. The molecule has 0 aliphatic carbocycles. The molecule has 1 aromatic rings. The number of aromatic hydroxyl groups is 1. The van der Waals surface area contributed by atoms with Gasteiger partial charge in [0.1, 0.15) is 0 Å². The second-order valence-corrected chi connectivity index (χ2v) is 5.06. The fourth-order valence-electron chi connectivity index (χ4n) is 0.944. The highest BCUT2D eigenvalue weighted by atomic mass is 32.2. The summed E-state index contributed by atoms with van der Waals surface area (Å²) < 4.78 is 5.00. The third kappa shape index (κ3) is 1.85. The molecule has 1 aromatic carbocycles. The van der Waals surface area contributed by atoms with E-state index in [-0.39, 0.29) is 16.6 Å². The van der Waals surface area contributed by atoms with Crippen LogP contribution in [0.1, 0.15) is 0 Å². The lowest BCUT2D eigenvalue weighted by Crippen LogP contribution is -1.85. The summed E-state index contributed by atoms with van der Waals surface area (Å²) in [6.07, 6.45) is 4.34. The van der Waals surface area contributed by atoms with E-state index in [4.69, 9.17) is 4.74 Å². The molecule has 12 heavy (non-hydrogen) atoms. The molecule has 0 saturated carbocycles. The van der Waals surface area contributed by atoms with Crippen LogP contribution in [0.25, 0.3) is 0 Å². The van der Waals surface area contributed by atoms with E-state index in [1.807, 2.05) is 12.1 Å². The highest BCUT2D eigenvalue weighted by Crippen LogP contribution is 2.35. The maximum atomic E-state index is 9.30. The molecule has 1 rings (SSSR count). The summed E-state index contributed by atoms with van der Waals surface area (Å²) >= 11 is 0. The van der Waals surface area contributed by atoms with Crippen LogP contribution in [0, 0.1) is 0 Å². The monoisotopic (exact) mass is 186 g/mol. The first-order valence-corrected chi connectivity index (χ1v) is 5.93. The summed E-state index contributed by atoms with van der Waals surface area (Å²) in [6.45, 7) is 0. The lowest BCUT2D eigenvalue weighted by Gasteiger charge is -2.11. The summed E-state index contributed by atoms with van der Waals surface area (Å²) in [5.41, 5.74) is 0. The molecule has 3 heteroatoms. The molecule has 0 spiro atoms. The zero-order chi connectivity index (χ0) is 9.14. The van der Waals surface area contributed by atoms with Gasteiger partial charge in [-0.3, -0.25) is 0 Å². The van der Waals surface area contributed by atoms with Crippen LogP contribution in [0.15, 0.2) is 23.1 Å². The molecule has 0 atom stereocenters. The Labute approximate surface area is 75.5 Å². The van der Waals surface area contributed by atoms with Gasteiger partial charge in [0.2, 0.25) is 0 Å². The highest BCUT2D eigenvalue weighted by molar-refractivity contribution is 8.15. The molecule has 1 N–H and O–H groups in total. The lowest BCUT2D eigenvalue weighted by atomic mass is 10.3. The number of hydrogen-bond donors (Lipinski definition) is 2. The van der Waals surface area contributed by atoms with Crippen molar-refractivity contribution in [1.29, 1.82) is 0 Å². The number of ether oxygens (including phenoxy) is 1. The Morgan fingerprint density at radius 1 is 1.33 bits per heavy atom. The Bertz CT molecular complexity index is 271. The molecule has 2 nitrogen and oxygen atoms in total. The Morgan fingerprint density at radius 2 is 2.00 bits per heavy atom. The van der Waals surface area contributed by atoms with Gasteiger partial charge in [-0.15, -0.1) is 0 Å².